The van der Waals surface area contributed by atoms with E-state index in [4.69, 9.17) is 16.9 Å². The summed E-state index contributed by atoms with van der Waals surface area (Å²) in [5.41, 5.74) is 0.277. The van der Waals surface area contributed by atoms with Gasteiger partial charge in [-0.25, -0.2) is 9.37 Å². The van der Waals surface area contributed by atoms with Gasteiger partial charge in [-0.3, -0.25) is 0 Å². The highest BCUT2D eigenvalue weighted by atomic mass is 35.5. The van der Waals surface area contributed by atoms with Crippen LogP contribution in [-0.2, 0) is 0 Å². The average molecular weight is 265 g/mol. The summed E-state index contributed by atoms with van der Waals surface area (Å²) >= 11 is 7.17. The second kappa shape index (κ2) is 5.17. The van der Waals surface area contributed by atoms with E-state index in [-0.39, 0.29) is 5.56 Å². The second-order valence-electron chi connectivity index (χ2n) is 3.18. The van der Waals surface area contributed by atoms with Gasteiger partial charge in [-0.2, -0.15) is 5.26 Å². The maximum Gasteiger partial charge on any atom is 0.125 e. The Bertz CT molecular complexity index is 595. The number of hydrogen-bond donors (Lipinski definition) is 0. The van der Waals surface area contributed by atoms with Crippen molar-refractivity contribution >= 4 is 23.4 Å². The lowest BCUT2D eigenvalue weighted by atomic mass is 10.2. The number of pyridine rings is 1. The predicted octanol–water partition coefficient (Wildman–Crippen LogP) is 3.90. The summed E-state index contributed by atoms with van der Waals surface area (Å²) in [6.07, 6.45) is 1.61. The summed E-state index contributed by atoms with van der Waals surface area (Å²) < 4.78 is 13.2. The lowest BCUT2D eigenvalue weighted by Crippen LogP contribution is -1.84. The maximum atomic E-state index is 13.2. The van der Waals surface area contributed by atoms with Gasteiger partial charge in [0.2, 0.25) is 0 Å². The van der Waals surface area contributed by atoms with Crippen molar-refractivity contribution in [2.75, 3.05) is 0 Å². The number of halogens is 2. The third-order valence-corrected chi connectivity index (χ3v) is 3.35. The van der Waals surface area contributed by atoms with Crippen molar-refractivity contribution in [1.29, 1.82) is 5.26 Å². The van der Waals surface area contributed by atoms with Crippen molar-refractivity contribution in [2.24, 2.45) is 0 Å². The molecule has 2 aromatic rings. The van der Waals surface area contributed by atoms with Crippen LogP contribution < -0.4 is 0 Å². The molecule has 2 nitrogen and oxygen atoms in total. The van der Waals surface area contributed by atoms with Crippen LogP contribution in [0.2, 0.25) is 5.02 Å². The molecule has 2 rings (SSSR count). The van der Waals surface area contributed by atoms with E-state index < -0.39 is 5.82 Å². The minimum atomic E-state index is -0.446. The van der Waals surface area contributed by atoms with Crippen molar-refractivity contribution in [2.45, 2.75) is 9.92 Å². The number of aromatic nitrogens is 1. The number of nitrogens with zero attached hydrogens (tertiary/aromatic N) is 2. The highest BCUT2D eigenvalue weighted by Crippen LogP contribution is 2.31. The van der Waals surface area contributed by atoms with Crippen molar-refractivity contribution in [3.63, 3.8) is 0 Å². The molecule has 0 amide bonds. The van der Waals surface area contributed by atoms with Crippen LogP contribution in [-0.4, -0.2) is 4.98 Å². The Morgan fingerprint density at radius 2 is 2.18 bits per heavy atom. The Hall–Kier alpha value is -1.57. The lowest BCUT2D eigenvalue weighted by Gasteiger charge is -2.03. The molecule has 0 aliphatic carbocycles. The van der Waals surface area contributed by atoms with Crippen LogP contribution in [0.1, 0.15) is 5.56 Å². The fourth-order valence-corrected chi connectivity index (χ4v) is 2.34. The minimum absolute atomic E-state index is 0.277. The van der Waals surface area contributed by atoms with Crippen LogP contribution in [0.4, 0.5) is 4.39 Å². The third-order valence-electron chi connectivity index (χ3n) is 1.94. The molecule has 0 fully saturated rings. The molecule has 0 saturated heterocycles. The molecule has 0 radical (unpaired) electrons. The van der Waals surface area contributed by atoms with Crippen LogP contribution in [0, 0.1) is 17.1 Å². The first-order valence-corrected chi connectivity index (χ1v) is 5.87. The van der Waals surface area contributed by atoms with Crippen LogP contribution in [0.25, 0.3) is 0 Å². The molecule has 1 aromatic heterocycles. The third kappa shape index (κ3) is 2.96. The van der Waals surface area contributed by atoms with Gasteiger partial charge in [0.05, 0.1) is 16.7 Å². The van der Waals surface area contributed by atoms with Crippen molar-refractivity contribution < 1.29 is 4.39 Å². The number of rotatable bonds is 2. The Morgan fingerprint density at radius 3 is 2.88 bits per heavy atom. The molecule has 0 saturated carbocycles. The number of nitriles is 1. The van der Waals surface area contributed by atoms with E-state index >= 15 is 0 Å². The predicted molar refractivity (Wildman–Crippen MR) is 64.5 cm³/mol. The summed E-state index contributed by atoms with van der Waals surface area (Å²) in [5.74, 6) is -0.446. The van der Waals surface area contributed by atoms with Crippen LogP contribution in [0.15, 0.2) is 46.5 Å². The standard InChI is InChI=1S/C12H6ClFN2S/c13-11-2-1-3-16-12(11)17-10-5-8(7-15)4-9(14)6-10/h1-6H. The second-order valence-corrected chi connectivity index (χ2v) is 4.65. The van der Waals surface area contributed by atoms with Crippen LogP contribution in [0.5, 0.6) is 0 Å². The topological polar surface area (TPSA) is 36.7 Å². The van der Waals surface area contributed by atoms with Crippen LogP contribution in [0.3, 0.4) is 0 Å². The van der Waals surface area contributed by atoms with Gasteiger partial charge in [0.25, 0.3) is 0 Å². The summed E-state index contributed by atoms with van der Waals surface area (Å²) in [7, 11) is 0. The van der Waals surface area contributed by atoms with E-state index in [9.17, 15) is 4.39 Å². The Balaban J connectivity index is 2.34. The zero-order chi connectivity index (χ0) is 12.3. The molecule has 1 heterocycles. The highest BCUT2D eigenvalue weighted by molar-refractivity contribution is 7.99. The lowest BCUT2D eigenvalue weighted by molar-refractivity contribution is 0.623. The van der Waals surface area contributed by atoms with Crippen molar-refractivity contribution in [1.82, 2.24) is 4.98 Å². The largest absolute Gasteiger partial charge is 0.248 e. The van der Waals surface area contributed by atoms with Gasteiger partial charge in [-0.1, -0.05) is 23.4 Å². The molecule has 1 aromatic carbocycles. The minimum Gasteiger partial charge on any atom is -0.248 e. The molecule has 0 bridgehead atoms. The van der Waals surface area contributed by atoms with Gasteiger partial charge in [-0.05, 0) is 30.3 Å². The van der Waals surface area contributed by atoms with E-state index in [1.807, 2.05) is 6.07 Å². The van der Waals surface area contributed by atoms with Crippen molar-refractivity contribution in [3.8, 4) is 6.07 Å². The molecule has 0 aliphatic heterocycles. The zero-order valence-electron chi connectivity index (χ0n) is 8.52. The first-order valence-electron chi connectivity index (χ1n) is 4.68. The normalized spacial score (nSPS) is 9.94. The van der Waals surface area contributed by atoms with E-state index in [1.165, 1.54) is 23.9 Å². The SMILES string of the molecule is N#Cc1cc(F)cc(Sc2ncccc2Cl)c1. The average Bonchev–Trinajstić information content (AvgIpc) is 2.31. The molecule has 5 heteroatoms. The zero-order valence-corrected chi connectivity index (χ0v) is 10.1. The summed E-state index contributed by atoms with van der Waals surface area (Å²) in [6.45, 7) is 0. The van der Waals surface area contributed by atoms with Gasteiger partial charge in [-0.15, -0.1) is 0 Å². The van der Waals surface area contributed by atoms with Crippen molar-refractivity contribution in [3.05, 3.63) is 52.9 Å². The summed E-state index contributed by atoms with van der Waals surface area (Å²) in [6, 6.07) is 9.46. The maximum absolute atomic E-state index is 13.2. The molecule has 0 atom stereocenters. The molecule has 17 heavy (non-hydrogen) atoms. The first kappa shape index (κ1) is 11.9. The van der Waals surface area contributed by atoms with Gasteiger partial charge in [0.1, 0.15) is 10.8 Å². The molecule has 0 N–H and O–H groups in total. The van der Waals surface area contributed by atoms with E-state index in [2.05, 4.69) is 4.98 Å². The quantitative estimate of drug-likeness (QED) is 0.825. The Labute approximate surface area is 107 Å². The van der Waals surface area contributed by atoms with E-state index in [0.717, 1.165) is 0 Å². The number of benzene rings is 1. The smallest absolute Gasteiger partial charge is 0.125 e. The molecular formula is C12H6ClFN2S. The molecule has 84 valence electrons. The number of hydrogen-bond acceptors (Lipinski definition) is 3. The Morgan fingerprint density at radius 1 is 1.35 bits per heavy atom. The molecule has 0 aliphatic rings. The van der Waals surface area contributed by atoms with Gasteiger partial charge >= 0.3 is 0 Å². The Kier molecular flexibility index (Phi) is 3.62. The van der Waals surface area contributed by atoms with Crippen LogP contribution >= 0.6 is 23.4 Å². The molecule has 0 spiro atoms. The fraction of sp³-hybridized carbons (Fsp3) is 0. The van der Waals surface area contributed by atoms with Gasteiger partial charge in [0.15, 0.2) is 0 Å². The molecule has 0 unspecified atom stereocenters. The van der Waals surface area contributed by atoms with E-state index in [1.54, 1.807) is 24.4 Å². The van der Waals surface area contributed by atoms with Gasteiger partial charge in [0, 0.05) is 11.1 Å². The summed E-state index contributed by atoms with van der Waals surface area (Å²) in [5, 5.41) is 9.83. The fourth-order valence-electron chi connectivity index (χ4n) is 1.24. The first-order chi connectivity index (χ1) is 8.19. The highest BCUT2D eigenvalue weighted by Gasteiger charge is 2.06. The van der Waals surface area contributed by atoms with E-state index in [0.29, 0.717) is 14.9 Å². The van der Waals surface area contributed by atoms with Gasteiger partial charge < -0.3 is 0 Å². The summed E-state index contributed by atoms with van der Waals surface area (Å²) in [4.78, 5) is 4.68. The molecular weight excluding hydrogens is 259 g/mol. The monoisotopic (exact) mass is 264 g/mol.